The standard InChI is InChI=1S/C21H19Cl2N5O/c22-16-3-4-19(17(23)12-16)25-21(29)14-7-10-28(11-8-14)20-6-5-18(26-27-20)15-2-1-9-24-13-15/h1-6,9,12-14H,7-8,10-11H2,(H,25,29). The molecule has 0 bridgehead atoms. The lowest BCUT2D eigenvalue weighted by atomic mass is 9.96. The van der Waals surface area contributed by atoms with E-state index in [0.717, 1.165) is 43.0 Å². The minimum absolute atomic E-state index is 0.0214. The van der Waals surface area contributed by atoms with Crippen LogP contribution in [0.1, 0.15) is 12.8 Å². The van der Waals surface area contributed by atoms with Gasteiger partial charge in [-0.25, -0.2) is 0 Å². The van der Waals surface area contributed by atoms with Crippen molar-refractivity contribution in [2.75, 3.05) is 23.3 Å². The molecule has 3 aromatic rings. The topological polar surface area (TPSA) is 71.0 Å². The molecule has 1 aliphatic rings. The van der Waals surface area contributed by atoms with Crippen molar-refractivity contribution in [3.63, 3.8) is 0 Å². The number of halogens is 2. The van der Waals surface area contributed by atoms with Gasteiger partial charge in [0, 0.05) is 42.0 Å². The lowest BCUT2D eigenvalue weighted by Crippen LogP contribution is -2.38. The second kappa shape index (κ2) is 8.76. The highest BCUT2D eigenvalue weighted by molar-refractivity contribution is 6.36. The van der Waals surface area contributed by atoms with Crippen LogP contribution in [0.2, 0.25) is 10.0 Å². The minimum atomic E-state index is -0.0689. The normalized spacial score (nSPS) is 14.6. The number of carbonyl (C=O) groups excluding carboxylic acids is 1. The molecule has 29 heavy (non-hydrogen) atoms. The SMILES string of the molecule is O=C(Nc1ccc(Cl)cc1Cl)C1CCN(c2ccc(-c3cccnc3)nn2)CC1. The summed E-state index contributed by atoms with van der Waals surface area (Å²) in [7, 11) is 0. The minimum Gasteiger partial charge on any atom is -0.355 e. The summed E-state index contributed by atoms with van der Waals surface area (Å²) in [6, 6.07) is 12.8. The van der Waals surface area contributed by atoms with Crippen LogP contribution >= 0.6 is 23.2 Å². The van der Waals surface area contributed by atoms with Gasteiger partial charge in [0.15, 0.2) is 5.82 Å². The molecule has 2 aromatic heterocycles. The lowest BCUT2D eigenvalue weighted by molar-refractivity contribution is -0.120. The van der Waals surface area contributed by atoms with Crippen molar-refractivity contribution in [2.24, 2.45) is 5.92 Å². The summed E-state index contributed by atoms with van der Waals surface area (Å²) in [6.45, 7) is 1.49. The second-order valence-electron chi connectivity index (χ2n) is 6.89. The van der Waals surface area contributed by atoms with E-state index in [2.05, 4.69) is 25.4 Å². The van der Waals surface area contributed by atoms with Gasteiger partial charge < -0.3 is 10.2 Å². The van der Waals surface area contributed by atoms with Gasteiger partial charge in [0.1, 0.15) is 0 Å². The fraction of sp³-hybridized carbons (Fsp3) is 0.238. The van der Waals surface area contributed by atoms with Gasteiger partial charge in [-0.3, -0.25) is 9.78 Å². The van der Waals surface area contributed by atoms with Crippen LogP contribution in [0.5, 0.6) is 0 Å². The Morgan fingerprint density at radius 2 is 1.90 bits per heavy atom. The molecule has 1 N–H and O–H groups in total. The zero-order chi connectivity index (χ0) is 20.2. The Kier molecular flexibility index (Phi) is 5.92. The predicted octanol–water partition coefficient (Wildman–Crippen LogP) is 4.70. The molecule has 4 rings (SSSR count). The molecule has 0 spiro atoms. The summed E-state index contributed by atoms with van der Waals surface area (Å²) in [6.07, 6.45) is 4.97. The van der Waals surface area contributed by atoms with E-state index in [1.54, 1.807) is 30.6 Å². The van der Waals surface area contributed by atoms with Crippen molar-refractivity contribution in [1.82, 2.24) is 15.2 Å². The van der Waals surface area contributed by atoms with Crippen LogP contribution in [-0.4, -0.2) is 34.2 Å². The van der Waals surface area contributed by atoms with Gasteiger partial charge in [0.2, 0.25) is 5.91 Å². The smallest absolute Gasteiger partial charge is 0.227 e. The molecule has 6 nitrogen and oxygen atoms in total. The monoisotopic (exact) mass is 427 g/mol. The summed E-state index contributed by atoms with van der Waals surface area (Å²) in [5.41, 5.74) is 2.30. The maximum absolute atomic E-state index is 12.6. The fourth-order valence-corrected chi connectivity index (χ4v) is 3.81. The molecule has 1 saturated heterocycles. The Hall–Kier alpha value is -2.70. The van der Waals surface area contributed by atoms with Crippen molar-refractivity contribution >= 4 is 40.6 Å². The van der Waals surface area contributed by atoms with E-state index in [4.69, 9.17) is 23.2 Å². The average Bonchev–Trinajstić information content (AvgIpc) is 2.76. The number of hydrogen-bond acceptors (Lipinski definition) is 5. The number of anilines is 2. The van der Waals surface area contributed by atoms with Crippen molar-refractivity contribution < 1.29 is 4.79 Å². The van der Waals surface area contributed by atoms with E-state index in [9.17, 15) is 4.79 Å². The van der Waals surface area contributed by atoms with Gasteiger partial charge in [0.25, 0.3) is 0 Å². The lowest BCUT2D eigenvalue weighted by Gasteiger charge is -2.31. The highest BCUT2D eigenvalue weighted by Crippen LogP contribution is 2.28. The highest BCUT2D eigenvalue weighted by atomic mass is 35.5. The molecule has 1 aliphatic heterocycles. The van der Waals surface area contributed by atoms with Gasteiger partial charge >= 0.3 is 0 Å². The van der Waals surface area contributed by atoms with Crippen LogP contribution in [-0.2, 0) is 4.79 Å². The number of benzene rings is 1. The molecule has 1 aromatic carbocycles. The molecule has 0 unspecified atom stereocenters. The number of amides is 1. The van der Waals surface area contributed by atoms with E-state index in [1.807, 2.05) is 24.3 Å². The summed E-state index contributed by atoms with van der Waals surface area (Å²) in [5.74, 6) is 0.727. The molecule has 148 valence electrons. The summed E-state index contributed by atoms with van der Waals surface area (Å²) in [5, 5.41) is 12.5. The van der Waals surface area contributed by atoms with Crippen molar-refractivity contribution in [2.45, 2.75) is 12.8 Å². The molecule has 1 fully saturated rings. The van der Waals surface area contributed by atoms with Crippen LogP contribution in [0, 0.1) is 5.92 Å². The number of carbonyl (C=O) groups is 1. The zero-order valence-electron chi connectivity index (χ0n) is 15.6. The van der Waals surface area contributed by atoms with Crippen LogP contribution < -0.4 is 10.2 Å². The third-order valence-corrected chi connectivity index (χ3v) is 5.53. The molecule has 8 heteroatoms. The van der Waals surface area contributed by atoms with Gasteiger partial charge in [-0.1, -0.05) is 23.2 Å². The van der Waals surface area contributed by atoms with Crippen LogP contribution in [0.3, 0.4) is 0 Å². The van der Waals surface area contributed by atoms with Crippen LogP contribution in [0.15, 0.2) is 54.9 Å². The van der Waals surface area contributed by atoms with Gasteiger partial charge in [-0.15, -0.1) is 10.2 Å². The Morgan fingerprint density at radius 1 is 1.07 bits per heavy atom. The van der Waals surface area contributed by atoms with Crippen molar-refractivity contribution in [3.05, 3.63) is 64.9 Å². The number of pyridine rings is 1. The molecule has 0 aliphatic carbocycles. The summed E-state index contributed by atoms with van der Waals surface area (Å²) in [4.78, 5) is 18.9. The molecule has 3 heterocycles. The third-order valence-electron chi connectivity index (χ3n) is 4.99. The molecular weight excluding hydrogens is 409 g/mol. The van der Waals surface area contributed by atoms with Gasteiger partial charge in [0.05, 0.1) is 16.4 Å². The van der Waals surface area contributed by atoms with E-state index in [0.29, 0.717) is 15.7 Å². The zero-order valence-corrected chi connectivity index (χ0v) is 17.1. The molecular formula is C21H19Cl2N5O. The largest absolute Gasteiger partial charge is 0.355 e. The first-order valence-corrected chi connectivity index (χ1v) is 10.1. The number of nitrogens with zero attached hydrogens (tertiary/aromatic N) is 4. The highest BCUT2D eigenvalue weighted by Gasteiger charge is 2.26. The van der Waals surface area contributed by atoms with Crippen LogP contribution in [0.25, 0.3) is 11.3 Å². The van der Waals surface area contributed by atoms with E-state index >= 15 is 0 Å². The number of nitrogens with one attached hydrogen (secondary N) is 1. The van der Waals surface area contributed by atoms with Crippen LogP contribution in [0.4, 0.5) is 11.5 Å². The first kappa shape index (κ1) is 19.6. The first-order chi connectivity index (χ1) is 14.1. The Bertz CT molecular complexity index is 990. The molecule has 0 saturated carbocycles. The van der Waals surface area contributed by atoms with E-state index < -0.39 is 0 Å². The Morgan fingerprint density at radius 3 is 2.55 bits per heavy atom. The van der Waals surface area contributed by atoms with Gasteiger partial charge in [-0.2, -0.15) is 0 Å². The van der Waals surface area contributed by atoms with E-state index in [-0.39, 0.29) is 11.8 Å². The third kappa shape index (κ3) is 4.66. The molecule has 0 radical (unpaired) electrons. The van der Waals surface area contributed by atoms with Crippen molar-refractivity contribution in [3.8, 4) is 11.3 Å². The first-order valence-electron chi connectivity index (χ1n) is 9.35. The predicted molar refractivity (Wildman–Crippen MR) is 115 cm³/mol. The fourth-order valence-electron chi connectivity index (χ4n) is 3.36. The maximum atomic E-state index is 12.6. The quantitative estimate of drug-likeness (QED) is 0.652. The Balaban J connectivity index is 1.35. The second-order valence-corrected chi connectivity index (χ2v) is 7.74. The maximum Gasteiger partial charge on any atom is 0.227 e. The number of aromatic nitrogens is 3. The average molecular weight is 428 g/mol. The van der Waals surface area contributed by atoms with E-state index in [1.165, 1.54) is 0 Å². The summed E-state index contributed by atoms with van der Waals surface area (Å²) < 4.78 is 0. The van der Waals surface area contributed by atoms with Crippen molar-refractivity contribution in [1.29, 1.82) is 0 Å². The Labute approximate surface area is 178 Å². The number of piperidine rings is 1. The molecule has 0 atom stereocenters. The summed E-state index contributed by atoms with van der Waals surface area (Å²) >= 11 is 12.1. The molecule has 1 amide bonds. The number of hydrogen-bond donors (Lipinski definition) is 1. The number of rotatable bonds is 4. The van der Waals surface area contributed by atoms with Gasteiger partial charge in [-0.05, 0) is 55.3 Å².